The predicted molar refractivity (Wildman–Crippen MR) is 139 cm³/mol. The van der Waals surface area contributed by atoms with Gasteiger partial charge in [0, 0.05) is 19.2 Å². The van der Waals surface area contributed by atoms with Crippen molar-refractivity contribution in [2.75, 3.05) is 26.9 Å². The van der Waals surface area contributed by atoms with E-state index in [0.29, 0.717) is 18.9 Å². The van der Waals surface area contributed by atoms with E-state index >= 15 is 0 Å². The number of likely N-dealkylation sites (tertiary alicyclic amines) is 1. The molecular weight excluding hydrogens is 515 g/mol. The van der Waals surface area contributed by atoms with Crippen LogP contribution >= 0.6 is 0 Å². The van der Waals surface area contributed by atoms with Crippen LogP contribution in [0.1, 0.15) is 82.7 Å². The molecule has 2 heterocycles. The van der Waals surface area contributed by atoms with E-state index in [9.17, 15) is 18.0 Å². The third-order valence-electron chi connectivity index (χ3n) is 7.01. The topological polar surface area (TPSA) is 116 Å². The molecule has 1 aliphatic carbocycles. The number of methoxy groups -OCH3 is 1. The van der Waals surface area contributed by atoms with Gasteiger partial charge in [-0.3, -0.25) is 15.4 Å². The molecule has 218 valence electrons. The zero-order valence-electron chi connectivity index (χ0n) is 22.9. The standard InChI is InChI=1S/C25H34F3N5O4.C2H6/c1-35-15-21(34)30-24(29)33-12-5-8-19(33)23-31-22(32-37-23)17-9-10-20(18(14-17)25(26,27)28)36-13-11-16-6-3-2-4-7-16;1-2/h9-10,14,16,19,24H,2-8,11-13,15,29H2,1H3,(H,30,34);1-2H3. The molecule has 2 aromatic rings. The van der Waals surface area contributed by atoms with Gasteiger partial charge in [0.15, 0.2) is 0 Å². The number of nitrogens with two attached hydrogens (primary N) is 1. The molecule has 2 atom stereocenters. The number of nitrogens with zero attached hydrogens (tertiary/aromatic N) is 3. The molecule has 2 fully saturated rings. The van der Waals surface area contributed by atoms with Crippen molar-refractivity contribution in [3.8, 4) is 17.1 Å². The summed E-state index contributed by atoms with van der Waals surface area (Å²) < 4.78 is 57.4. The number of ether oxygens (including phenoxy) is 2. The highest BCUT2D eigenvalue weighted by Crippen LogP contribution is 2.39. The van der Waals surface area contributed by atoms with Crippen molar-refractivity contribution in [3.05, 3.63) is 29.7 Å². The van der Waals surface area contributed by atoms with Crippen LogP contribution in [0.2, 0.25) is 0 Å². The van der Waals surface area contributed by atoms with Gasteiger partial charge >= 0.3 is 6.18 Å². The van der Waals surface area contributed by atoms with Crippen LogP contribution in [-0.4, -0.2) is 54.1 Å². The summed E-state index contributed by atoms with van der Waals surface area (Å²) in [5.41, 5.74) is 5.44. The fourth-order valence-corrected chi connectivity index (χ4v) is 5.12. The molecule has 9 nitrogen and oxygen atoms in total. The summed E-state index contributed by atoms with van der Waals surface area (Å²) in [6, 6.07) is 3.44. The minimum atomic E-state index is -4.60. The van der Waals surface area contributed by atoms with Gasteiger partial charge in [-0.15, -0.1) is 0 Å². The Morgan fingerprint density at radius 2 is 1.95 bits per heavy atom. The minimum absolute atomic E-state index is 0.0399. The molecule has 1 aliphatic heterocycles. The number of hydrogen-bond donors (Lipinski definition) is 2. The second-order valence-electron chi connectivity index (χ2n) is 9.65. The molecule has 1 aromatic heterocycles. The van der Waals surface area contributed by atoms with Crippen LogP contribution in [0.3, 0.4) is 0 Å². The first kappa shape index (κ1) is 30.8. The summed E-state index contributed by atoms with van der Waals surface area (Å²) >= 11 is 0. The van der Waals surface area contributed by atoms with E-state index in [-0.39, 0.29) is 48.2 Å². The molecule has 0 bridgehead atoms. The highest BCUT2D eigenvalue weighted by atomic mass is 19.4. The Kier molecular flexibility index (Phi) is 11.6. The van der Waals surface area contributed by atoms with Crippen LogP contribution in [-0.2, 0) is 15.7 Å². The molecule has 1 amide bonds. The SMILES string of the molecule is CC.COCC(=O)NC(N)N1CCCC1c1nc(-c2ccc(OCCC3CCCCC3)c(C(F)(F)F)c2)no1. The van der Waals surface area contributed by atoms with Gasteiger partial charge in [0.05, 0.1) is 18.2 Å². The lowest BCUT2D eigenvalue weighted by atomic mass is 9.87. The van der Waals surface area contributed by atoms with E-state index in [1.165, 1.54) is 38.5 Å². The normalized spacial score (nSPS) is 19.3. The van der Waals surface area contributed by atoms with E-state index < -0.39 is 18.0 Å². The number of carbonyl (C=O) groups excluding carboxylic acids is 1. The first-order valence-electron chi connectivity index (χ1n) is 13.7. The highest BCUT2D eigenvalue weighted by Gasteiger charge is 2.37. The number of aromatic nitrogens is 2. The number of amides is 1. The summed E-state index contributed by atoms with van der Waals surface area (Å²) in [5.74, 6) is 0.211. The molecule has 0 spiro atoms. The molecule has 1 saturated heterocycles. The average molecular weight is 556 g/mol. The maximum Gasteiger partial charge on any atom is 0.419 e. The summed E-state index contributed by atoms with van der Waals surface area (Å²) in [6.45, 7) is 4.71. The summed E-state index contributed by atoms with van der Waals surface area (Å²) in [7, 11) is 1.41. The number of halogens is 3. The van der Waals surface area contributed by atoms with Gasteiger partial charge in [-0.25, -0.2) is 0 Å². The monoisotopic (exact) mass is 555 g/mol. The molecule has 2 aliphatic rings. The zero-order chi connectivity index (χ0) is 28.4. The van der Waals surface area contributed by atoms with Crippen molar-refractivity contribution in [1.82, 2.24) is 20.4 Å². The molecule has 1 aromatic carbocycles. The maximum atomic E-state index is 13.9. The Bertz CT molecular complexity index is 1040. The van der Waals surface area contributed by atoms with E-state index in [4.69, 9.17) is 19.7 Å². The van der Waals surface area contributed by atoms with Gasteiger partial charge in [-0.2, -0.15) is 18.2 Å². The van der Waals surface area contributed by atoms with Crippen LogP contribution in [0, 0.1) is 5.92 Å². The Morgan fingerprint density at radius 3 is 2.64 bits per heavy atom. The number of nitrogens with one attached hydrogen (secondary N) is 1. The molecule has 1 saturated carbocycles. The molecular formula is C27H40F3N5O4. The van der Waals surface area contributed by atoms with Crippen molar-refractivity contribution >= 4 is 5.91 Å². The Morgan fingerprint density at radius 1 is 1.21 bits per heavy atom. The first-order chi connectivity index (χ1) is 18.8. The number of rotatable bonds is 10. The van der Waals surface area contributed by atoms with Crippen molar-refractivity contribution < 1.29 is 32.0 Å². The Balaban J connectivity index is 0.00000205. The summed E-state index contributed by atoms with van der Waals surface area (Å²) in [5, 5.41) is 6.56. The van der Waals surface area contributed by atoms with Crippen LogP contribution in [0.5, 0.6) is 5.75 Å². The van der Waals surface area contributed by atoms with Gasteiger partial charge < -0.3 is 19.3 Å². The number of carbonyl (C=O) groups is 1. The van der Waals surface area contributed by atoms with Crippen LogP contribution in [0.15, 0.2) is 22.7 Å². The van der Waals surface area contributed by atoms with Gasteiger partial charge in [-0.05, 0) is 43.4 Å². The zero-order valence-corrected chi connectivity index (χ0v) is 22.9. The molecule has 2 unspecified atom stereocenters. The van der Waals surface area contributed by atoms with Crippen molar-refractivity contribution in [1.29, 1.82) is 0 Å². The van der Waals surface area contributed by atoms with Crippen molar-refractivity contribution in [2.24, 2.45) is 11.7 Å². The lowest BCUT2D eigenvalue weighted by Crippen LogP contribution is -2.54. The third-order valence-corrected chi connectivity index (χ3v) is 7.01. The molecule has 4 rings (SSSR count). The smallest absolute Gasteiger partial charge is 0.419 e. The fraction of sp³-hybridized carbons (Fsp3) is 0.667. The van der Waals surface area contributed by atoms with Crippen molar-refractivity contribution in [3.63, 3.8) is 0 Å². The second kappa shape index (κ2) is 14.6. The number of benzene rings is 1. The first-order valence-corrected chi connectivity index (χ1v) is 13.7. The maximum absolute atomic E-state index is 13.9. The van der Waals surface area contributed by atoms with Gasteiger partial charge in [0.1, 0.15) is 18.6 Å². The lowest BCUT2D eigenvalue weighted by Gasteiger charge is -2.28. The van der Waals surface area contributed by atoms with E-state index in [1.807, 2.05) is 13.8 Å². The summed E-state index contributed by atoms with van der Waals surface area (Å²) in [4.78, 5) is 18.0. The van der Waals surface area contributed by atoms with Crippen molar-refractivity contribution in [2.45, 2.75) is 83.7 Å². The van der Waals surface area contributed by atoms with Crippen LogP contribution in [0.25, 0.3) is 11.4 Å². The third kappa shape index (κ3) is 8.39. The molecule has 12 heteroatoms. The van der Waals surface area contributed by atoms with Gasteiger partial charge in [0.2, 0.25) is 17.6 Å². The molecule has 0 radical (unpaired) electrons. The van der Waals surface area contributed by atoms with E-state index in [1.54, 1.807) is 4.90 Å². The second-order valence-corrected chi connectivity index (χ2v) is 9.65. The lowest BCUT2D eigenvalue weighted by molar-refractivity contribution is -0.139. The Hall–Kier alpha value is -2.70. The quantitative estimate of drug-likeness (QED) is 0.381. The number of alkyl halides is 3. The highest BCUT2D eigenvalue weighted by molar-refractivity contribution is 5.77. The predicted octanol–water partition coefficient (Wildman–Crippen LogP) is 5.27. The van der Waals surface area contributed by atoms with E-state index in [2.05, 4.69) is 15.5 Å². The number of hydrogen-bond acceptors (Lipinski definition) is 8. The van der Waals surface area contributed by atoms with Crippen LogP contribution < -0.4 is 15.8 Å². The summed E-state index contributed by atoms with van der Waals surface area (Å²) in [6.07, 6.45) is 2.57. The van der Waals surface area contributed by atoms with Gasteiger partial charge in [-0.1, -0.05) is 51.1 Å². The minimum Gasteiger partial charge on any atom is -0.493 e. The fourth-order valence-electron chi connectivity index (χ4n) is 5.12. The molecule has 39 heavy (non-hydrogen) atoms. The molecule has 3 N–H and O–H groups in total. The largest absolute Gasteiger partial charge is 0.493 e. The Labute approximate surface area is 227 Å². The van der Waals surface area contributed by atoms with Gasteiger partial charge in [0.25, 0.3) is 0 Å². The van der Waals surface area contributed by atoms with Crippen LogP contribution in [0.4, 0.5) is 13.2 Å². The van der Waals surface area contributed by atoms with E-state index in [0.717, 1.165) is 31.7 Å². The average Bonchev–Trinajstić information content (AvgIpc) is 3.60.